The first-order chi connectivity index (χ1) is 14.5. The van der Waals surface area contributed by atoms with E-state index < -0.39 is 0 Å². The number of hydrogen-bond donors (Lipinski definition) is 0. The number of pyridine rings is 1. The molecule has 1 aliphatic carbocycles. The molecule has 2 aromatic carbocycles. The minimum atomic E-state index is -0.141. The van der Waals surface area contributed by atoms with Crippen molar-refractivity contribution in [2.24, 2.45) is 5.92 Å². The van der Waals surface area contributed by atoms with Crippen LogP contribution in [0.1, 0.15) is 49.9 Å². The smallest absolute Gasteiger partial charge is 0.180 e. The molecule has 0 bridgehead atoms. The number of halogens is 1. The van der Waals surface area contributed by atoms with Crippen molar-refractivity contribution in [3.8, 4) is 5.75 Å². The number of fused-ring (bicyclic) bond motifs is 1. The molecule has 0 spiro atoms. The number of aromatic nitrogens is 1. The summed E-state index contributed by atoms with van der Waals surface area (Å²) in [4.78, 5) is 25.3. The summed E-state index contributed by atoms with van der Waals surface area (Å²) in [5, 5.41) is 0. The summed E-state index contributed by atoms with van der Waals surface area (Å²) in [5.41, 5.74) is 5.87. The summed E-state index contributed by atoms with van der Waals surface area (Å²) in [6.45, 7) is 4.39. The number of nitrogens with zero attached hydrogens (tertiary/aromatic N) is 1. The molecule has 1 aromatic heterocycles. The van der Waals surface area contributed by atoms with Crippen LogP contribution in [0.5, 0.6) is 5.75 Å². The molecule has 4 rings (SSSR count). The third kappa shape index (κ3) is 4.77. The van der Waals surface area contributed by atoms with Crippen molar-refractivity contribution in [2.75, 3.05) is 7.11 Å². The van der Waals surface area contributed by atoms with Crippen molar-refractivity contribution in [3.05, 3.63) is 94.3 Å². The summed E-state index contributed by atoms with van der Waals surface area (Å²) in [6.07, 6.45) is 5.17. The number of rotatable bonds is 6. The molecular weight excluding hydrogens is 454 g/mol. The van der Waals surface area contributed by atoms with E-state index >= 15 is 0 Å². The second-order valence-electron chi connectivity index (χ2n) is 8.03. The predicted molar refractivity (Wildman–Crippen MR) is 115 cm³/mol. The van der Waals surface area contributed by atoms with E-state index in [2.05, 4.69) is 19.1 Å². The number of Topliss-reactive ketones (excluding diaryl/α,β-unsaturated/α-hetero) is 2. The van der Waals surface area contributed by atoms with E-state index in [0.717, 1.165) is 22.4 Å². The van der Waals surface area contributed by atoms with Gasteiger partial charge in [0.15, 0.2) is 30.5 Å². The van der Waals surface area contributed by atoms with Crippen molar-refractivity contribution in [2.45, 2.75) is 33.2 Å². The average Bonchev–Trinajstić information content (AvgIpc) is 3.05. The molecule has 31 heavy (non-hydrogen) atoms. The van der Waals surface area contributed by atoms with E-state index in [-0.39, 0.29) is 34.5 Å². The van der Waals surface area contributed by atoms with Crippen LogP contribution in [-0.4, -0.2) is 18.7 Å². The molecule has 160 valence electrons. The Morgan fingerprint density at radius 2 is 1.90 bits per heavy atom. The molecule has 0 saturated heterocycles. The molecule has 0 aliphatic heterocycles. The quantitative estimate of drug-likeness (QED) is 0.393. The fourth-order valence-corrected chi connectivity index (χ4v) is 4.26. The highest BCUT2D eigenvalue weighted by Crippen LogP contribution is 2.32. The number of benzene rings is 2. The van der Waals surface area contributed by atoms with Crippen LogP contribution in [0, 0.1) is 12.8 Å². The first-order valence-corrected chi connectivity index (χ1v) is 10.2. The minimum absolute atomic E-state index is 0. The fraction of sp³-hybridized carbons (Fsp3) is 0.269. The van der Waals surface area contributed by atoms with E-state index in [9.17, 15) is 9.59 Å². The lowest BCUT2D eigenvalue weighted by atomic mass is 9.92. The maximum atomic E-state index is 12.9. The molecule has 5 heteroatoms. The van der Waals surface area contributed by atoms with Crippen LogP contribution in [0.3, 0.4) is 0 Å². The monoisotopic (exact) mass is 479 g/mol. The van der Waals surface area contributed by atoms with Crippen molar-refractivity contribution >= 4 is 11.6 Å². The van der Waals surface area contributed by atoms with Gasteiger partial charge in [0.1, 0.15) is 5.75 Å². The molecule has 4 nitrogen and oxygen atoms in total. The van der Waals surface area contributed by atoms with Crippen LogP contribution in [-0.2, 0) is 19.4 Å². The van der Waals surface area contributed by atoms with Crippen molar-refractivity contribution in [1.82, 2.24) is 0 Å². The lowest BCUT2D eigenvalue weighted by Gasteiger charge is -2.11. The Bertz CT molecular complexity index is 1140. The van der Waals surface area contributed by atoms with Gasteiger partial charge >= 0.3 is 0 Å². The van der Waals surface area contributed by atoms with E-state index in [1.165, 1.54) is 11.1 Å². The molecule has 0 saturated carbocycles. The van der Waals surface area contributed by atoms with Gasteiger partial charge in [-0.2, -0.15) is 0 Å². The van der Waals surface area contributed by atoms with Crippen LogP contribution in [0.2, 0.25) is 0 Å². The minimum Gasteiger partial charge on any atom is -1.00 e. The van der Waals surface area contributed by atoms with Crippen LogP contribution in [0.25, 0.3) is 0 Å². The third-order valence-corrected chi connectivity index (χ3v) is 5.98. The number of carbonyl (C=O) groups excluding carboxylic acids is 2. The molecule has 1 unspecified atom stereocenters. The molecule has 0 amide bonds. The first kappa shape index (κ1) is 22.9. The van der Waals surface area contributed by atoms with Crippen molar-refractivity contribution in [3.63, 3.8) is 0 Å². The molecule has 3 aromatic rings. The van der Waals surface area contributed by atoms with E-state index in [1.54, 1.807) is 14.0 Å². The highest BCUT2D eigenvalue weighted by molar-refractivity contribution is 6.03. The topological polar surface area (TPSA) is 47.2 Å². The maximum Gasteiger partial charge on any atom is 0.180 e. The third-order valence-electron chi connectivity index (χ3n) is 5.98. The highest BCUT2D eigenvalue weighted by Gasteiger charge is 2.32. The zero-order chi connectivity index (χ0) is 21.3. The number of carbonyl (C=O) groups is 2. The Balaban J connectivity index is 0.00000272. The first-order valence-electron chi connectivity index (χ1n) is 10.2. The predicted octanol–water partition coefficient (Wildman–Crippen LogP) is 1.14. The molecular formula is C26H26BrNO3. The van der Waals surface area contributed by atoms with Crippen LogP contribution in [0.15, 0.2) is 60.9 Å². The second kappa shape index (κ2) is 9.56. The Hall–Kier alpha value is -2.79. The van der Waals surface area contributed by atoms with Gasteiger partial charge in [-0.1, -0.05) is 24.3 Å². The van der Waals surface area contributed by atoms with E-state index in [0.29, 0.717) is 24.9 Å². The van der Waals surface area contributed by atoms with Gasteiger partial charge in [-0.05, 0) is 61.6 Å². The van der Waals surface area contributed by atoms with Crippen LogP contribution < -0.4 is 26.3 Å². The van der Waals surface area contributed by atoms with Crippen LogP contribution in [0.4, 0.5) is 0 Å². The lowest BCUT2D eigenvalue weighted by molar-refractivity contribution is -0.688. The SMILES string of the molecule is COc1ccc2c(c1)CC(Cc1cc[n+](Cc3ccccc3C)cc1C(C)=O)C2=O.[Br-]. The lowest BCUT2D eigenvalue weighted by Crippen LogP contribution is -3.00. The van der Waals surface area contributed by atoms with Gasteiger partial charge in [-0.25, -0.2) is 4.57 Å². The number of methoxy groups -OCH3 is 1. The Morgan fingerprint density at radius 1 is 1.13 bits per heavy atom. The summed E-state index contributed by atoms with van der Waals surface area (Å²) in [5.74, 6) is 0.800. The molecule has 0 N–H and O–H groups in total. The zero-order valence-electron chi connectivity index (χ0n) is 18.0. The zero-order valence-corrected chi connectivity index (χ0v) is 19.6. The summed E-state index contributed by atoms with van der Waals surface area (Å²) < 4.78 is 7.33. The second-order valence-corrected chi connectivity index (χ2v) is 8.03. The summed E-state index contributed by atoms with van der Waals surface area (Å²) in [7, 11) is 1.63. The van der Waals surface area contributed by atoms with Gasteiger partial charge in [0, 0.05) is 23.1 Å². The summed E-state index contributed by atoms with van der Waals surface area (Å²) >= 11 is 0. The molecule has 0 radical (unpaired) electrons. The Morgan fingerprint density at radius 3 is 2.61 bits per heavy atom. The van der Waals surface area contributed by atoms with E-state index in [1.807, 2.05) is 53.4 Å². The number of ketones is 2. The van der Waals surface area contributed by atoms with Gasteiger partial charge in [0.2, 0.25) is 0 Å². The van der Waals surface area contributed by atoms with E-state index in [4.69, 9.17) is 4.74 Å². The molecule has 1 aliphatic rings. The molecule has 0 fully saturated rings. The fourth-order valence-electron chi connectivity index (χ4n) is 4.26. The Labute approximate surface area is 193 Å². The van der Waals surface area contributed by atoms with Gasteiger partial charge < -0.3 is 21.7 Å². The van der Waals surface area contributed by atoms with Gasteiger partial charge in [0.25, 0.3) is 0 Å². The van der Waals surface area contributed by atoms with Crippen LogP contribution >= 0.6 is 0 Å². The maximum absolute atomic E-state index is 12.9. The largest absolute Gasteiger partial charge is 1.00 e. The summed E-state index contributed by atoms with van der Waals surface area (Å²) in [6, 6.07) is 15.9. The number of aryl methyl sites for hydroxylation is 1. The normalized spacial score (nSPS) is 14.7. The number of hydrogen-bond acceptors (Lipinski definition) is 3. The average molecular weight is 480 g/mol. The highest BCUT2D eigenvalue weighted by atomic mass is 79.9. The molecule has 1 heterocycles. The standard InChI is InChI=1S/C26H26NO3.BrH/c1-17-6-4-5-7-20(17)15-27-11-10-19(25(16-27)18(2)28)12-22-13-21-14-23(30-3)8-9-24(21)26(22)29;/h4-11,14,16,22H,12-13,15H2,1-3H3;1H/q+1;/p-1. The van der Waals surface area contributed by atoms with Gasteiger partial charge in [-0.3, -0.25) is 9.59 Å². The number of ether oxygens (including phenoxy) is 1. The van der Waals surface area contributed by atoms with Gasteiger partial charge in [-0.15, -0.1) is 0 Å². The van der Waals surface area contributed by atoms with Gasteiger partial charge in [0.05, 0.1) is 12.7 Å². The Kier molecular flexibility index (Phi) is 7.06. The van der Waals surface area contributed by atoms with Crippen molar-refractivity contribution in [1.29, 1.82) is 0 Å². The van der Waals surface area contributed by atoms with Crippen molar-refractivity contribution < 1.29 is 35.9 Å². The molecule has 1 atom stereocenters.